The summed E-state index contributed by atoms with van der Waals surface area (Å²) >= 11 is 0. The number of benzene rings is 2. The molecule has 8 heteroatoms. The lowest BCUT2D eigenvalue weighted by atomic mass is 9.96. The van der Waals surface area contributed by atoms with E-state index in [4.69, 9.17) is 0 Å². The molecule has 2 saturated heterocycles. The van der Waals surface area contributed by atoms with Gasteiger partial charge in [0.1, 0.15) is 0 Å². The van der Waals surface area contributed by atoms with Crippen LogP contribution in [0.25, 0.3) is 0 Å². The molecular weight excluding hydrogens is 408 g/mol. The maximum atomic E-state index is 12.2. The molecule has 0 bridgehead atoms. The molecule has 4 rings (SSSR count). The van der Waals surface area contributed by atoms with Gasteiger partial charge in [0.25, 0.3) is 0 Å². The molecule has 2 atom stereocenters. The van der Waals surface area contributed by atoms with Crippen LogP contribution in [-0.2, 0) is 19.7 Å². The Morgan fingerprint density at radius 3 is 1.72 bits per heavy atom. The van der Waals surface area contributed by atoms with E-state index < -0.39 is 19.7 Å². The molecule has 0 amide bonds. The van der Waals surface area contributed by atoms with Gasteiger partial charge in [-0.2, -0.15) is 0 Å². The van der Waals surface area contributed by atoms with E-state index in [1.807, 2.05) is 65.7 Å². The van der Waals surface area contributed by atoms with E-state index in [-0.39, 0.29) is 41.1 Å². The fraction of sp³-hybridized carbons (Fsp3) is 0.429. The van der Waals surface area contributed by atoms with Gasteiger partial charge in [0.2, 0.25) is 0 Å². The van der Waals surface area contributed by atoms with Gasteiger partial charge >= 0.3 is 0 Å². The van der Waals surface area contributed by atoms with Crippen LogP contribution >= 0.6 is 0 Å². The molecule has 2 aliphatic heterocycles. The first-order valence-electron chi connectivity index (χ1n) is 9.88. The third-order valence-corrected chi connectivity index (χ3v) is 9.19. The molecule has 2 heterocycles. The SMILES string of the molecule is O=S1(=O)CC[C@H](NN(C(c2ccccc2)c2ccccc2)[C@H]2CCS(=O)(=O)C2)C1. The lowest BCUT2D eigenvalue weighted by Crippen LogP contribution is -2.53. The van der Waals surface area contributed by atoms with Crippen LogP contribution in [0.3, 0.4) is 0 Å². The smallest absolute Gasteiger partial charge is 0.151 e. The van der Waals surface area contributed by atoms with Crippen molar-refractivity contribution in [2.45, 2.75) is 31.0 Å². The molecular formula is C21H26N2O4S2. The van der Waals surface area contributed by atoms with Gasteiger partial charge in [-0.1, -0.05) is 60.7 Å². The van der Waals surface area contributed by atoms with Crippen LogP contribution in [0.1, 0.15) is 30.0 Å². The second kappa shape index (κ2) is 8.18. The minimum absolute atomic E-state index is 0.0790. The van der Waals surface area contributed by atoms with E-state index in [1.165, 1.54) is 0 Å². The molecule has 2 aliphatic rings. The molecule has 0 aliphatic carbocycles. The molecule has 6 nitrogen and oxygen atoms in total. The Kier molecular flexibility index (Phi) is 5.79. The molecule has 0 saturated carbocycles. The predicted octanol–water partition coefficient (Wildman–Crippen LogP) is 1.96. The Morgan fingerprint density at radius 2 is 1.28 bits per heavy atom. The van der Waals surface area contributed by atoms with Crippen LogP contribution in [0, 0.1) is 0 Å². The number of hydrogen-bond acceptors (Lipinski definition) is 6. The highest BCUT2D eigenvalue weighted by atomic mass is 32.2. The molecule has 29 heavy (non-hydrogen) atoms. The van der Waals surface area contributed by atoms with Gasteiger partial charge < -0.3 is 0 Å². The maximum Gasteiger partial charge on any atom is 0.151 e. The van der Waals surface area contributed by atoms with Crippen molar-refractivity contribution < 1.29 is 16.8 Å². The van der Waals surface area contributed by atoms with E-state index in [9.17, 15) is 16.8 Å². The number of sulfone groups is 2. The predicted molar refractivity (Wildman–Crippen MR) is 114 cm³/mol. The quantitative estimate of drug-likeness (QED) is 0.700. The summed E-state index contributed by atoms with van der Waals surface area (Å²) in [5, 5.41) is 2.01. The summed E-state index contributed by atoms with van der Waals surface area (Å²) in [5.74, 6) is 0.493. The summed E-state index contributed by atoms with van der Waals surface area (Å²) in [4.78, 5) is 0. The second-order valence-corrected chi connectivity index (χ2v) is 12.4. The van der Waals surface area contributed by atoms with Crippen molar-refractivity contribution in [3.05, 3.63) is 71.8 Å². The Balaban J connectivity index is 1.74. The molecule has 2 aromatic rings. The van der Waals surface area contributed by atoms with Crippen LogP contribution < -0.4 is 5.43 Å². The third-order valence-electron chi connectivity index (χ3n) is 5.67. The molecule has 0 aromatic heterocycles. The molecule has 0 unspecified atom stereocenters. The van der Waals surface area contributed by atoms with Crippen LogP contribution in [0.5, 0.6) is 0 Å². The summed E-state index contributed by atoms with van der Waals surface area (Å²) in [6.07, 6.45) is 1.07. The zero-order valence-corrected chi connectivity index (χ0v) is 17.8. The standard InChI is InChI=1S/C21H26N2O4S2/c24-28(25)13-11-19(15-28)22-23(20-12-14-29(26,27)16-20)21(17-7-3-1-4-8-17)18-9-5-2-6-10-18/h1-10,19-22H,11-16H2/t19-,20-/m0/s1. The van der Waals surface area contributed by atoms with E-state index in [1.54, 1.807) is 0 Å². The van der Waals surface area contributed by atoms with Crippen molar-refractivity contribution in [1.29, 1.82) is 0 Å². The van der Waals surface area contributed by atoms with E-state index >= 15 is 0 Å². The Morgan fingerprint density at radius 1 is 0.759 bits per heavy atom. The van der Waals surface area contributed by atoms with Crippen molar-refractivity contribution in [1.82, 2.24) is 10.4 Å². The maximum absolute atomic E-state index is 12.2. The van der Waals surface area contributed by atoms with Crippen LogP contribution in [0.4, 0.5) is 0 Å². The largest absolute Gasteiger partial charge is 0.250 e. The Bertz CT molecular complexity index is 1000. The second-order valence-electron chi connectivity index (χ2n) is 7.92. The van der Waals surface area contributed by atoms with Gasteiger partial charge in [-0.3, -0.25) is 0 Å². The van der Waals surface area contributed by atoms with Crippen LogP contribution in [0.2, 0.25) is 0 Å². The Hall–Kier alpha value is -1.74. The third kappa shape index (κ3) is 4.88. The minimum atomic E-state index is -3.09. The number of hydrazine groups is 1. The van der Waals surface area contributed by atoms with Crippen molar-refractivity contribution in [3.8, 4) is 0 Å². The number of nitrogens with one attached hydrogen (secondary N) is 1. The van der Waals surface area contributed by atoms with E-state index in [2.05, 4.69) is 5.43 Å². The summed E-state index contributed by atoms with van der Waals surface area (Å²) in [6, 6.07) is 19.3. The van der Waals surface area contributed by atoms with Crippen LogP contribution in [-0.4, -0.2) is 56.9 Å². The summed E-state index contributed by atoms with van der Waals surface area (Å²) in [6.45, 7) is 0. The van der Waals surface area contributed by atoms with E-state index in [0.29, 0.717) is 12.8 Å². The number of rotatable bonds is 6. The van der Waals surface area contributed by atoms with Crippen molar-refractivity contribution >= 4 is 19.7 Å². The first-order valence-corrected chi connectivity index (χ1v) is 13.5. The number of hydrogen-bond donors (Lipinski definition) is 1. The molecule has 2 fully saturated rings. The lowest BCUT2D eigenvalue weighted by Gasteiger charge is -2.38. The highest BCUT2D eigenvalue weighted by molar-refractivity contribution is 7.91. The fourth-order valence-electron chi connectivity index (χ4n) is 4.28. The first-order chi connectivity index (χ1) is 13.8. The van der Waals surface area contributed by atoms with Crippen LogP contribution in [0.15, 0.2) is 60.7 Å². The topological polar surface area (TPSA) is 83.6 Å². The average molecular weight is 435 g/mol. The fourth-order valence-corrected chi connectivity index (χ4v) is 7.65. The van der Waals surface area contributed by atoms with Gasteiger partial charge in [-0.15, -0.1) is 0 Å². The molecule has 1 N–H and O–H groups in total. The number of nitrogens with zero attached hydrogens (tertiary/aromatic N) is 1. The normalized spacial score (nSPS) is 25.6. The van der Waals surface area contributed by atoms with Gasteiger partial charge in [-0.05, 0) is 24.0 Å². The zero-order chi connectivity index (χ0) is 20.5. The highest BCUT2D eigenvalue weighted by Gasteiger charge is 2.39. The van der Waals surface area contributed by atoms with Crippen molar-refractivity contribution in [2.24, 2.45) is 0 Å². The van der Waals surface area contributed by atoms with Gasteiger partial charge in [0, 0.05) is 12.1 Å². The van der Waals surface area contributed by atoms with E-state index in [0.717, 1.165) is 11.1 Å². The van der Waals surface area contributed by atoms with Gasteiger partial charge in [0.15, 0.2) is 19.7 Å². The monoisotopic (exact) mass is 434 g/mol. The van der Waals surface area contributed by atoms with Gasteiger partial charge in [0.05, 0.1) is 29.1 Å². The summed E-state index contributed by atoms with van der Waals surface area (Å²) in [5.41, 5.74) is 5.51. The van der Waals surface area contributed by atoms with Gasteiger partial charge in [-0.25, -0.2) is 27.3 Å². The zero-order valence-electron chi connectivity index (χ0n) is 16.1. The summed E-state index contributed by atoms with van der Waals surface area (Å²) < 4.78 is 48.5. The molecule has 2 aromatic carbocycles. The molecule has 0 radical (unpaired) electrons. The summed E-state index contributed by atoms with van der Waals surface area (Å²) in [7, 11) is -6.14. The lowest BCUT2D eigenvalue weighted by molar-refractivity contribution is 0.0809. The Labute approximate surface area is 172 Å². The average Bonchev–Trinajstić information content (AvgIpc) is 3.23. The minimum Gasteiger partial charge on any atom is -0.250 e. The first kappa shape index (κ1) is 20.5. The van der Waals surface area contributed by atoms with Crippen molar-refractivity contribution in [2.75, 3.05) is 23.0 Å². The van der Waals surface area contributed by atoms with Crippen molar-refractivity contribution in [3.63, 3.8) is 0 Å². The molecule has 156 valence electrons. The molecule has 0 spiro atoms. The highest BCUT2D eigenvalue weighted by Crippen LogP contribution is 2.33.